The number of carbonyl (C=O) groups is 2. The summed E-state index contributed by atoms with van der Waals surface area (Å²) in [6, 6.07) is 3.16. The van der Waals surface area contributed by atoms with Crippen LogP contribution in [0.4, 0.5) is 0 Å². The maximum Gasteiger partial charge on any atom is 1.00 e. The Morgan fingerprint density at radius 2 is 0.698 bits per heavy atom. The summed E-state index contributed by atoms with van der Waals surface area (Å²) >= 11 is 0. The first-order valence-electron chi connectivity index (χ1n) is 26.0. The molecule has 1 rings (SSSR count). The predicted molar refractivity (Wildman–Crippen MR) is 260 cm³/mol. The molecule has 0 fully saturated rings. The van der Waals surface area contributed by atoms with E-state index >= 15 is 0 Å². The van der Waals surface area contributed by atoms with Crippen LogP contribution in [0.15, 0.2) is 47.4 Å². The van der Waals surface area contributed by atoms with E-state index in [1.165, 1.54) is 205 Å². The Kier molecular flexibility index (Phi) is 45.7. The number of ether oxygens (including phenoxy) is 2. The first-order chi connectivity index (χ1) is 30.3. The van der Waals surface area contributed by atoms with Gasteiger partial charge in [0.25, 0.3) is 0 Å². The largest absolute Gasteiger partial charge is 1.00 e. The van der Waals surface area contributed by atoms with Crippen molar-refractivity contribution < 1.29 is 83.4 Å². The van der Waals surface area contributed by atoms with Crippen LogP contribution in [-0.4, -0.2) is 38.1 Å². The number of rotatable bonds is 45. The monoisotopic (exact) mass is 925 g/mol. The molecule has 0 saturated carbocycles. The number of esters is 2. The van der Waals surface area contributed by atoms with Gasteiger partial charge in [0.2, 0.25) is 0 Å². The molecular formula is C54H93KO7S. The van der Waals surface area contributed by atoms with Gasteiger partial charge in [0.15, 0.2) is 0 Å². The standard InChI is InChI=1S/C54H94O7S.K/c1-3-5-7-9-11-13-15-17-19-21-23-25-27-29-31-33-35-37-39-41-43-47-60-53(55)51-46-45-50(62(57,58)59)49-52(51)54(56)61-48-44-42-40-38-36-34-32-30-28-26-24-22-20-18-16-14-12-10-8-6-4-2;/h7-10,45-46,49H,3-6,11-44,47-48H2,1-2H3,(H,57,58,59);/q;+1/p-1/b9-7+,10-8+;. The maximum absolute atomic E-state index is 13.0. The molecule has 0 spiro atoms. The Morgan fingerprint density at radius 3 is 1.00 bits per heavy atom. The smallest absolute Gasteiger partial charge is 0.744 e. The third kappa shape index (κ3) is 38.9. The molecule has 0 saturated heterocycles. The van der Waals surface area contributed by atoms with Crippen LogP contribution < -0.4 is 51.4 Å². The van der Waals surface area contributed by atoms with Crippen molar-refractivity contribution in [3.05, 3.63) is 53.6 Å². The Labute approximate surface area is 431 Å². The van der Waals surface area contributed by atoms with Gasteiger partial charge in [-0.3, -0.25) is 0 Å². The van der Waals surface area contributed by atoms with Crippen LogP contribution in [0.3, 0.4) is 0 Å². The fourth-order valence-electron chi connectivity index (χ4n) is 7.99. The van der Waals surface area contributed by atoms with Gasteiger partial charge in [-0.25, -0.2) is 18.0 Å². The van der Waals surface area contributed by atoms with Gasteiger partial charge in [-0.1, -0.05) is 231 Å². The molecule has 0 aliphatic rings. The van der Waals surface area contributed by atoms with Gasteiger partial charge in [0.1, 0.15) is 10.1 Å². The molecule has 358 valence electrons. The molecular weight excluding hydrogens is 832 g/mol. The number of benzene rings is 1. The topological polar surface area (TPSA) is 110 Å². The fraction of sp³-hybridized carbons (Fsp3) is 0.778. The molecule has 63 heavy (non-hydrogen) atoms. The van der Waals surface area contributed by atoms with E-state index in [1.54, 1.807) is 0 Å². The van der Waals surface area contributed by atoms with Gasteiger partial charge >= 0.3 is 63.3 Å². The molecule has 9 heteroatoms. The van der Waals surface area contributed by atoms with E-state index in [2.05, 4.69) is 38.2 Å². The second-order valence-corrected chi connectivity index (χ2v) is 19.2. The van der Waals surface area contributed by atoms with E-state index in [1.807, 2.05) is 0 Å². The van der Waals surface area contributed by atoms with E-state index in [0.717, 1.165) is 44.2 Å². The minimum Gasteiger partial charge on any atom is -0.744 e. The summed E-state index contributed by atoms with van der Waals surface area (Å²) in [6.45, 7) is 4.83. The van der Waals surface area contributed by atoms with Gasteiger partial charge in [0.05, 0.1) is 29.2 Å². The fourth-order valence-corrected chi connectivity index (χ4v) is 8.49. The number of unbranched alkanes of at least 4 members (excludes halogenated alkanes) is 34. The zero-order valence-electron chi connectivity index (χ0n) is 41.1. The Bertz CT molecular complexity index is 1380. The normalized spacial score (nSPS) is 11.7. The number of hydrogen-bond donors (Lipinski definition) is 0. The molecule has 0 aromatic heterocycles. The van der Waals surface area contributed by atoms with E-state index in [9.17, 15) is 22.6 Å². The van der Waals surface area contributed by atoms with Crippen molar-refractivity contribution in [1.82, 2.24) is 0 Å². The van der Waals surface area contributed by atoms with E-state index in [0.29, 0.717) is 12.8 Å². The van der Waals surface area contributed by atoms with E-state index in [4.69, 9.17) is 9.47 Å². The Balaban J connectivity index is 0.0000384. The number of allylic oxidation sites excluding steroid dienone is 4. The first kappa shape index (κ1) is 62.2. The van der Waals surface area contributed by atoms with Crippen molar-refractivity contribution in [3.63, 3.8) is 0 Å². The molecule has 7 nitrogen and oxygen atoms in total. The van der Waals surface area contributed by atoms with Crippen LogP contribution in [0.25, 0.3) is 0 Å². The molecule has 1 aromatic rings. The van der Waals surface area contributed by atoms with Crippen LogP contribution in [0, 0.1) is 0 Å². The SMILES string of the molecule is CCC/C=C/CCCCCCCCCCCCCCCCCCOC(=O)c1ccc(S(=O)(=O)[O-])cc1C(=O)OCCCCCCCCCCCCCCCCCC/C=C/CCC.[K+]. The average Bonchev–Trinajstić information content (AvgIpc) is 3.26. The molecule has 0 atom stereocenters. The van der Waals surface area contributed by atoms with Crippen LogP contribution in [0.5, 0.6) is 0 Å². The Hall–Kier alpha value is -0.814. The van der Waals surface area contributed by atoms with Crippen molar-refractivity contribution in [2.24, 2.45) is 0 Å². The van der Waals surface area contributed by atoms with E-state index < -0.39 is 27.0 Å². The maximum atomic E-state index is 13.0. The van der Waals surface area contributed by atoms with Gasteiger partial charge in [0, 0.05) is 0 Å². The number of carbonyl (C=O) groups excluding carboxylic acids is 2. The van der Waals surface area contributed by atoms with Crippen molar-refractivity contribution >= 4 is 22.1 Å². The summed E-state index contributed by atoms with van der Waals surface area (Å²) in [7, 11) is -4.82. The molecule has 0 aliphatic heterocycles. The summed E-state index contributed by atoms with van der Waals surface area (Å²) in [5.41, 5.74) is -0.328. The van der Waals surface area contributed by atoms with Crippen molar-refractivity contribution in [2.75, 3.05) is 13.2 Å². The van der Waals surface area contributed by atoms with Gasteiger partial charge < -0.3 is 14.0 Å². The average molecular weight is 925 g/mol. The second-order valence-electron chi connectivity index (χ2n) is 17.8. The third-order valence-electron chi connectivity index (χ3n) is 12.0. The van der Waals surface area contributed by atoms with Gasteiger partial charge in [-0.15, -0.1) is 0 Å². The Morgan fingerprint density at radius 1 is 0.429 bits per heavy atom. The zero-order valence-corrected chi connectivity index (χ0v) is 45.0. The molecule has 1 aromatic carbocycles. The molecule has 0 bridgehead atoms. The zero-order chi connectivity index (χ0) is 45.0. The number of hydrogen-bond acceptors (Lipinski definition) is 7. The van der Waals surface area contributed by atoms with Crippen molar-refractivity contribution in [3.8, 4) is 0 Å². The summed E-state index contributed by atoms with van der Waals surface area (Å²) in [5.74, 6) is -1.54. The first-order valence-corrected chi connectivity index (χ1v) is 27.5. The predicted octanol–water partition coefficient (Wildman–Crippen LogP) is 13.9. The molecule has 0 unspecified atom stereocenters. The summed E-state index contributed by atoms with van der Waals surface area (Å²) in [4.78, 5) is 25.4. The van der Waals surface area contributed by atoms with Crippen LogP contribution in [0.1, 0.15) is 279 Å². The van der Waals surface area contributed by atoms with Crippen molar-refractivity contribution in [2.45, 2.75) is 263 Å². The molecule has 0 heterocycles. The van der Waals surface area contributed by atoms with Crippen molar-refractivity contribution in [1.29, 1.82) is 0 Å². The summed E-state index contributed by atoms with van der Waals surface area (Å²) in [5, 5.41) is 0. The van der Waals surface area contributed by atoms with Gasteiger partial charge in [-0.2, -0.15) is 0 Å². The van der Waals surface area contributed by atoms with Crippen LogP contribution in [-0.2, 0) is 19.6 Å². The molecule has 0 aliphatic carbocycles. The third-order valence-corrected chi connectivity index (χ3v) is 12.8. The minimum atomic E-state index is -4.82. The quantitative estimate of drug-likeness (QED) is 0.0211. The summed E-state index contributed by atoms with van der Waals surface area (Å²) in [6.07, 6.45) is 56.6. The minimum absolute atomic E-state index is 0. The second kappa shape index (κ2) is 46.3. The van der Waals surface area contributed by atoms with Crippen LogP contribution >= 0.6 is 0 Å². The molecule has 0 N–H and O–H groups in total. The molecule has 0 radical (unpaired) electrons. The van der Waals surface area contributed by atoms with Gasteiger partial charge in [-0.05, 0) is 69.6 Å². The molecule has 0 amide bonds. The summed E-state index contributed by atoms with van der Waals surface area (Å²) < 4.78 is 46.0. The van der Waals surface area contributed by atoms with Crippen LogP contribution in [0.2, 0.25) is 0 Å². The van der Waals surface area contributed by atoms with E-state index in [-0.39, 0.29) is 75.7 Å².